The van der Waals surface area contributed by atoms with Gasteiger partial charge in [0.15, 0.2) is 5.13 Å². The smallest absolute Gasteiger partial charge is 0.228 e. The van der Waals surface area contributed by atoms with E-state index in [0.29, 0.717) is 5.13 Å². The Morgan fingerprint density at radius 1 is 1.20 bits per heavy atom. The molecule has 2 aromatic heterocycles. The Morgan fingerprint density at radius 2 is 2.00 bits per heavy atom. The molecule has 0 bridgehead atoms. The normalized spacial score (nSPS) is 11.7. The lowest BCUT2D eigenvalue weighted by atomic mass is 10.0. The van der Waals surface area contributed by atoms with E-state index in [9.17, 15) is 9.59 Å². The molecule has 1 unspecified atom stereocenters. The number of thiazole rings is 1. The second kappa shape index (κ2) is 7.76. The zero-order valence-electron chi connectivity index (χ0n) is 13.7. The largest absolute Gasteiger partial charge is 0.360 e. The first-order chi connectivity index (χ1) is 12.1. The summed E-state index contributed by atoms with van der Waals surface area (Å²) in [6, 6.07) is 12.9. The van der Waals surface area contributed by atoms with Crippen molar-refractivity contribution < 1.29 is 9.59 Å². The summed E-state index contributed by atoms with van der Waals surface area (Å²) in [4.78, 5) is 31.3. The van der Waals surface area contributed by atoms with E-state index < -0.39 is 0 Å². The van der Waals surface area contributed by atoms with E-state index >= 15 is 0 Å². The predicted octanol–water partition coefficient (Wildman–Crippen LogP) is 3.34. The van der Waals surface area contributed by atoms with Crippen LogP contribution in [0.3, 0.4) is 0 Å². The fourth-order valence-electron chi connectivity index (χ4n) is 2.48. The van der Waals surface area contributed by atoms with E-state index in [1.54, 1.807) is 0 Å². The summed E-state index contributed by atoms with van der Waals surface area (Å²) in [5.41, 5.74) is 2.57. The standard InChI is InChI=1S/C18H18N4O2S/c1-12(23)20-15(13-6-3-2-4-7-13)10-17(24)22-18-21-16(11-25-18)14-8-5-9-19-14/h2-9,11,15,19H,10H2,1H3,(H,20,23)(H,21,22,24). The van der Waals surface area contributed by atoms with E-state index in [4.69, 9.17) is 0 Å². The molecule has 0 saturated heterocycles. The number of nitrogens with one attached hydrogen (secondary N) is 3. The Hall–Kier alpha value is -2.93. The van der Waals surface area contributed by atoms with Crippen LogP contribution in [0.15, 0.2) is 54.0 Å². The van der Waals surface area contributed by atoms with Crippen LogP contribution in [0, 0.1) is 0 Å². The molecule has 0 aliphatic heterocycles. The van der Waals surface area contributed by atoms with Gasteiger partial charge in [0.1, 0.15) is 0 Å². The van der Waals surface area contributed by atoms with Gasteiger partial charge in [-0.2, -0.15) is 0 Å². The number of carbonyl (C=O) groups is 2. The molecule has 128 valence electrons. The van der Waals surface area contributed by atoms with Gasteiger partial charge in [0.2, 0.25) is 11.8 Å². The molecule has 1 atom stereocenters. The highest BCUT2D eigenvalue weighted by Gasteiger charge is 2.18. The van der Waals surface area contributed by atoms with Crippen LogP contribution in [0.25, 0.3) is 11.4 Å². The van der Waals surface area contributed by atoms with E-state index in [1.807, 2.05) is 54.0 Å². The van der Waals surface area contributed by atoms with Crippen LogP contribution >= 0.6 is 11.3 Å². The number of amides is 2. The Bertz CT molecular complexity index is 843. The number of hydrogen-bond donors (Lipinski definition) is 3. The van der Waals surface area contributed by atoms with Crippen molar-refractivity contribution in [1.82, 2.24) is 15.3 Å². The highest BCUT2D eigenvalue weighted by molar-refractivity contribution is 7.14. The topological polar surface area (TPSA) is 86.9 Å². The number of carbonyl (C=O) groups excluding carboxylic acids is 2. The van der Waals surface area contributed by atoms with Crippen molar-refractivity contribution >= 4 is 28.3 Å². The average Bonchev–Trinajstić information content (AvgIpc) is 3.26. The quantitative estimate of drug-likeness (QED) is 0.634. The highest BCUT2D eigenvalue weighted by atomic mass is 32.1. The summed E-state index contributed by atoms with van der Waals surface area (Å²) in [6.45, 7) is 1.44. The first-order valence-corrected chi connectivity index (χ1v) is 8.71. The number of hydrogen-bond acceptors (Lipinski definition) is 4. The van der Waals surface area contributed by atoms with Gasteiger partial charge < -0.3 is 15.6 Å². The van der Waals surface area contributed by atoms with Gasteiger partial charge in [-0.15, -0.1) is 11.3 Å². The molecule has 2 amide bonds. The van der Waals surface area contributed by atoms with Gasteiger partial charge in [0, 0.05) is 18.5 Å². The molecule has 25 heavy (non-hydrogen) atoms. The molecule has 0 spiro atoms. The monoisotopic (exact) mass is 354 g/mol. The SMILES string of the molecule is CC(=O)NC(CC(=O)Nc1nc(-c2ccc[nH]2)cs1)c1ccccc1. The van der Waals surface area contributed by atoms with Crippen LogP contribution in [-0.4, -0.2) is 21.8 Å². The molecule has 3 rings (SSSR count). The van der Waals surface area contributed by atoms with Crippen LogP contribution in [0.4, 0.5) is 5.13 Å². The second-order valence-corrected chi connectivity index (χ2v) is 6.40. The Kier molecular flexibility index (Phi) is 5.25. The molecule has 1 aromatic carbocycles. The van der Waals surface area contributed by atoms with Gasteiger partial charge in [-0.05, 0) is 17.7 Å². The third-order valence-corrected chi connectivity index (χ3v) is 4.35. The number of aromatic nitrogens is 2. The molecule has 0 aliphatic carbocycles. The van der Waals surface area contributed by atoms with E-state index in [-0.39, 0.29) is 24.3 Å². The van der Waals surface area contributed by atoms with Crippen LogP contribution < -0.4 is 10.6 Å². The molecular formula is C18H18N4O2S. The molecule has 0 fully saturated rings. The molecule has 2 heterocycles. The second-order valence-electron chi connectivity index (χ2n) is 5.54. The zero-order chi connectivity index (χ0) is 17.6. The number of H-pyrrole nitrogens is 1. The minimum Gasteiger partial charge on any atom is -0.360 e. The summed E-state index contributed by atoms with van der Waals surface area (Å²) in [6.07, 6.45) is 1.96. The third kappa shape index (κ3) is 4.54. The van der Waals surface area contributed by atoms with Gasteiger partial charge in [-0.3, -0.25) is 9.59 Å². The van der Waals surface area contributed by atoms with E-state index in [1.165, 1.54) is 18.3 Å². The third-order valence-electron chi connectivity index (χ3n) is 3.59. The zero-order valence-corrected chi connectivity index (χ0v) is 14.5. The molecule has 0 radical (unpaired) electrons. The van der Waals surface area contributed by atoms with E-state index in [2.05, 4.69) is 20.6 Å². The maximum absolute atomic E-state index is 12.4. The van der Waals surface area contributed by atoms with Gasteiger partial charge in [0.05, 0.1) is 23.9 Å². The van der Waals surface area contributed by atoms with Gasteiger partial charge >= 0.3 is 0 Å². The number of anilines is 1. The van der Waals surface area contributed by atoms with Crippen LogP contribution in [-0.2, 0) is 9.59 Å². The van der Waals surface area contributed by atoms with Crippen molar-refractivity contribution in [2.45, 2.75) is 19.4 Å². The first-order valence-electron chi connectivity index (χ1n) is 7.83. The minimum absolute atomic E-state index is 0.140. The van der Waals surface area contributed by atoms with Crippen molar-refractivity contribution in [3.05, 3.63) is 59.6 Å². The first kappa shape index (κ1) is 16.9. The lowest BCUT2D eigenvalue weighted by molar-refractivity contribution is -0.120. The Labute approximate surface area is 149 Å². The maximum Gasteiger partial charge on any atom is 0.228 e. The number of nitrogens with zero attached hydrogens (tertiary/aromatic N) is 1. The molecular weight excluding hydrogens is 336 g/mol. The molecule has 7 heteroatoms. The van der Waals surface area contributed by atoms with Crippen LogP contribution in [0.1, 0.15) is 24.9 Å². The van der Waals surface area contributed by atoms with Crippen molar-refractivity contribution in [2.24, 2.45) is 0 Å². The molecule has 0 aliphatic rings. The maximum atomic E-state index is 12.4. The lowest BCUT2D eigenvalue weighted by Gasteiger charge is -2.17. The highest BCUT2D eigenvalue weighted by Crippen LogP contribution is 2.24. The minimum atomic E-state index is -0.374. The molecule has 6 nitrogen and oxygen atoms in total. The fourth-order valence-corrected chi connectivity index (χ4v) is 3.21. The van der Waals surface area contributed by atoms with Gasteiger partial charge in [-0.1, -0.05) is 30.3 Å². The van der Waals surface area contributed by atoms with Gasteiger partial charge in [0.25, 0.3) is 0 Å². The summed E-state index contributed by atoms with van der Waals surface area (Å²) >= 11 is 1.36. The summed E-state index contributed by atoms with van der Waals surface area (Å²) in [7, 11) is 0. The average molecular weight is 354 g/mol. The number of rotatable bonds is 6. The van der Waals surface area contributed by atoms with Crippen molar-refractivity contribution in [2.75, 3.05) is 5.32 Å². The van der Waals surface area contributed by atoms with Crippen molar-refractivity contribution in [3.8, 4) is 11.4 Å². The number of aromatic amines is 1. The summed E-state index contributed by atoms with van der Waals surface area (Å²) < 4.78 is 0. The number of benzene rings is 1. The summed E-state index contributed by atoms with van der Waals surface area (Å²) in [5.74, 6) is -0.375. The predicted molar refractivity (Wildman–Crippen MR) is 98.1 cm³/mol. The Morgan fingerprint density at radius 3 is 2.68 bits per heavy atom. The fraction of sp³-hybridized carbons (Fsp3) is 0.167. The Balaban J connectivity index is 1.66. The van der Waals surface area contributed by atoms with Crippen LogP contribution in [0.2, 0.25) is 0 Å². The molecule has 3 aromatic rings. The molecule has 3 N–H and O–H groups in total. The summed E-state index contributed by atoms with van der Waals surface area (Å²) in [5, 5.41) is 8.03. The molecule has 0 saturated carbocycles. The lowest BCUT2D eigenvalue weighted by Crippen LogP contribution is -2.29. The van der Waals surface area contributed by atoms with Crippen LogP contribution in [0.5, 0.6) is 0 Å². The van der Waals surface area contributed by atoms with Gasteiger partial charge in [-0.25, -0.2) is 4.98 Å². The van der Waals surface area contributed by atoms with Crippen molar-refractivity contribution in [3.63, 3.8) is 0 Å². The van der Waals surface area contributed by atoms with Crippen molar-refractivity contribution in [1.29, 1.82) is 0 Å². The van der Waals surface area contributed by atoms with E-state index in [0.717, 1.165) is 17.0 Å².